The Labute approximate surface area is 283 Å². The minimum absolute atomic E-state index is 1.12. The summed E-state index contributed by atoms with van der Waals surface area (Å²) in [5.41, 5.74) is 9.12. The number of hydrogen-bond acceptors (Lipinski definition) is 3. The third-order valence-electron chi connectivity index (χ3n) is 8.93. The van der Waals surface area contributed by atoms with Gasteiger partial charge in [0.15, 0.2) is 0 Å². The Balaban J connectivity index is 1.32. The second-order valence-corrected chi connectivity index (χ2v) is 12.9. The van der Waals surface area contributed by atoms with Crippen molar-refractivity contribution in [3.63, 3.8) is 0 Å². The monoisotopic (exact) mass is 633 g/mol. The van der Waals surface area contributed by atoms with E-state index in [4.69, 9.17) is 0 Å². The van der Waals surface area contributed by atoms with Gasteiger partial charge < -0.3 is 14.4 Å². The summed E-state index contributed by atoms with van der Waals surface area (Å²) in [6, 6.07) is 67.1. The van der Waals surface area contributed by atoms with E-state index in [1.165, 1.54) is 31.2 Å². The van der Waals surface area contributed by atoms with E-state index in [0.717, 1.165) is 39.8 Å². The van der Waals surface area contributed by atoms with E-state index < -0.39 is 0 Å². The molecule has 48 heavy (non-hydrogen) atoms. The molecule has 0 amide bonds. The van der Waals surface area contributed by atoms with Gasteiger partial charge in [0.05, 0.1) is 5.52 Å². The molecule has 4 heteroatoms. The minimum atomic E-state index is 1.12. The lowest BCUT2D eigenvalue weighted by Crippen LogP contribution is -2.09. The molecule has 2 heterocycles. The summed E-state index contributed by atoms with van der Waals surface area (Å²) in [4.78, 5) is 5.94. The van der Waals surface area contributed by atoms with Gasteiger partial charge in [-0.25, -0.2) is 0 Å². The summed E-state index contributed by atoms with van der Waals surface area (Å²) in [6.45, 7) is 0. The number of para-hydroxylation sites is 5. The van der Waals surface area contributed by atoms with Crippen LogP contribution in [0.2, 0.25) is 0 Å². The van der Waals surface area contributed by atoms with E-state index >= 15 is 0 Å². The molecule has 2 aromatic heterocycles. The normalized spacial score (nSPS) is 11.3. The predicted molar refractivity (Wildman–Crippen MR) is 206 cm³/mol. The van der Waals surface area contributed by atoms with E-state index in [2.05, 4.69) is 202 Å². The fourth-order valence-corrected chi connectivity index (χ4v) is 8.07. The maximum Gasteiger partial charge on any atom is 0.109 e. The van der Waals surface area contributed by atoms with Crippen LogP contribution < -0.4 is 9.80 Å². The lowest BCUT2D eigenvalue weighted by Gasteiger charge is -2.26. The van der Waals surface area contributed by atoms with Crippen molar-refractivity contribution in [2.75, 3.05) is 9.80 Å². The molecule has 9 aromatic rings. The molecule has 0 unspecified atom stereocenters. The summed E-state index contributed by atoms with van der Waals surface area (Å²) in [5.74, 6) is 0. The van der Waals surface area contributed by atoms with Crippen LogP contribution in [0.1, 0.15) is 0 Å². The van der Waals surface area contributed by atoms with Crippen LogP contribution in [-0.2, 0) is 0 Å². The molecule has 3 nitrogen and oxygen atoms in total. The Morgan fingerprint density at radius 1 is 0.375 bits per heavy atom. The fourth-order valence-electron chi connectivity index (χ4n) is 6.83. The van der Waals surface area contributed by atoms with Gasteiger partial charge >= 0.3 is 0 Å². The van der Waals surface area contributed by atoms with Crippen molar-refractivity contribution in [3.05, 3.63) is 188 Å². The van der Waals surface area contributed by atoms with Crippen molar-refractivity contribution in [2.45, 2.75) is 0 Å². The summed E-state index contributed by atoms with van der Waals surface area (Å²) >= 11 is 1.86. The van der Waals surface area contributed by atoms with Gasteiger partial charge in [0, 0.05) is 60.7 Å². The van der Waals surface area contributed by atoms with Gasteiger partial charge in [-0.2, -0.15) is 0 Å². The predicted octanol–water partition coefficient (Wildman–Crippen LogP) is 12.9. The van der Waals surface area contributed by atoms with E-state index in [0.29, 0.717) is 0 Å². The van der Waals surface area contributed by atoms with Crippen LogP contribution in [0.4, 0.5) is 34.1 Å². The number of anilines is 6. The molecular formula is C44H31N3S. The molecule has 0 atom stereocenters. The Morgan fingerprint density at radius 3 is 1.27 bits per heavy atom. The molecule has 7 aromatic carbocycles. The van der Waals surface area contributed by atoms with Crippen molar-refractivity contribution < 1.29 is 0 Å². The van der Waals surface area contributed by atoms with Gasteiger partial charge in [-0.3, -0.25) is 0 Å². The molecule has 0 fully saturated rings. The van der Waals surface area contributed by atoms with Crippen LogP contribution in [-0.4, -0.2) is 4.57 Å². The van der Waals surface area contributed by atoms with Crippen molar-refractivity contribution in [1.82, 2.24) is 4.57 Å². The smallest absolute Gasteiger partial charge is 0.109 e. The molecule has 0 N–H and O–H groups in total. The Morgan fingerprint density at radius 2 is 0.792 bits per heavy atom. The summed E-state index contributed by atoms with van der Waals surface area (Å²) in [6.07, 6.45) is 0. The van der Waals surface area contributed by atoms with Gasteiger partial charge in [0.25, 0.3) is 0 Å². The summed E-state index contributed by atoms with van der Waals surface area (Å²) in [7, 11) is 0. The molecule has 0 saturated heterocycles. The second kappa shape index (κ2) is 11.9. The highest BCUT2D eigenvalue weighted by Crippen LogP contribution is 2.47. The third-order valence-corrected chi connectivity index (χ3v) is 10.1. The lowest BCUT2D eigenvalue weighted by atomic mass is 10.1. The zero-order valence-electron chi connectivity index (χ0n) is 26.1. The first-order chi connectivity index (χ1) is 23.8. The van der Waals surface area contributed by atoms with Crippen molar-refractivity contribution in [1.29, 1.82) is 0 Å². The first-order valence-electron chi connectivity index (χ1n) is 16.2. The fraction of sp³-hybridized carbons (Fsp3) is 0. The number of aromatic nitrogens is 1. The maximum atomic E-state index is 2.43. The molecule has 228 valence electrons. The van der Waals surface area contributed by atoms with Crippen molar-refractivity contribution >= 4 is 76.7 Å². The SMILES string of the molecule is c1ccc(N(c2ccccc2)c2ccc3sc4c(c3c2)c2cc(N(c3ccccc3)c3ccccc3)ccc2n4-c2ccccc2)cc1. The van der Waals surface area contributed by atoms with E-state index in [9.17, 15) is 0 Å². The van der Waals surface area contributed by atoms with Gasteiger partial charge in [-0.15, -0.1) is 11.3 Å². The van der Waals surface area contributed by atoms with E-state index in [-0.39, 0.29) is 0 Å². The van der Waals surface area contributed by atoms with Crippen LogP contribution in [0.25, 0.3) is 36.9 Å². The van der Waals surface area contributed by atoms with Crippen molar-refractivity contribution in [2.24, 2.45) is 0 Å². The zero-order valence-corrected chi connectivity index (χ0v) is 27.0. The number of thiophene rings is 1. The number of fused-ring (bicyclic) bond motifs is 5. The van der Waals surface area contributed by atoms with Crippen LogP contribution in [0.15, 0.2) is 188 Å². The minimum Gasteiger partial charge on any atom is -0.310 e. The largest absolute Gasteiger partial charge is 0.310 e. The molecule has 0 radical (unpaired) electrons. The number of hydrogen-bond donors (Lipinski definition) is 0. The average Bonchev–Trinajstić information content (AvgIpc) is 3.68. The van der Waals surface area contributed by atoms with Crippen LogP contribution in [0.3, 0.4) is 0 Å². The molecular weight excluding hydrogens is 603 g/mol. The highest BCUT2D eigenvalue weighted by molar-refractivity contribution is 7.25. The van der Waals surface area contributed by atoms with Gasteiger partial charge in [0.2, 0.25) is 0 Å². The Kier molecular flexibility index (Phi) is 6.99. The molecule has 9 rings (SSSR count). The first-order valence-corrected chi connectivity index (χ1v) is 17.0. The number of nitrogens with zero attached hydrogens (tertiary/aromatic N) is 3. The Bertz CT molecular complexity index is 2410. The van der Waals surface area contributed by atoms with Crippen LogP contribution in [0.5, 0.6) is 0 Å². The quantitative estimate of drug-likeness (QED) is 0.173. The first kappa shape index (κ1) is 28.1. The maximum absolute atomic E-state index is 2.43. The van der Waals surface area contributed by atoms with E-state index in [1.807, 2.05) is 11.3 Å². The van der Waals surface area contributed by atoms with Crippen molar-refractivity contribution in [3.8, 4) is 5.69 Å². The topological polar surface area (TPSA) is 11.4 Å². The number of benzene rings is 7. The van der Waals surface area contributed by atoms with Gasteiger partial charge in [0.1, 0.15) is 4.83 Å². The van der Waals surface area contributed by atoms with Gasteiger partial charge in [-0.05, 0) is 97.1 Å². The van der Waals surface area contributed by atoms with Crippen LogP contribution >= 0.6 is 11.3 Å². The van der Waals surface area contributed by atoms with E-state index in [1.54, 1.807) is 0 Å². The lowest BCUT2D eigenvalue weighted by molar-refractivity contribution is 1.19. The third kappa shape index (κ3) is 4.82. The highest BCUT2D eigenvalue weighted by atomic mass is 32.1. The standard InChI is InChI=1S/C44H31N3S/c1-6-16-32(17-7-1)45(33-18-8-2-9-19-33)37-26-28-41-39(30-37)43-40-31-38(46(34-20-10-3-11-21-34)35-22-12-4-13-23-35)27-29-42(40)48-44(43)47(41)36-24-14-5-15-25-36/h1-31H. The summed E-state index contributed by atoms with van der Waals surface area (Å²) < 4.78 is 3.70. The zero-order chi connectivity index (χ0) is 31.9. The second-order valence-electron chi connectivity index (χ2n) is 11.8. The van der Waals surface area contributed by atoms with Crippen LogP contribution in [0, 0.1) is 0 Å². The average molecular weight is 634 g/mol. The summed E-state index contributed by atoms with van der Waals surface area (Å²) in [5, 5.41) is 3.77. The van der Waals surface area contributed by atoms with Gasteiger partial charge in [-0.1, -0.05) is 91.0 Å². The highest BCUT2D eigenvalue weighted by Gasteiger charge is 2.22. The molecule has 0 aliphatic rings. The molecule has 0 saturated carbocycles. The molecule has 0 aliphatic carbocycles. The number of rotatable bonds is 7. The Hall–Kier alpha value is -6.10. The molecule has 0 spiro atoms. The molecule has 0 bridgehead atoms. The molecule has 0 aliphatic heterocycles.